The van der Waals surface area contributed by atoms with Crippen molar-refractivity contribution in [1.82, 2.24) is 0 Å². The summed E-state index contributed by atoms with van der Waals surface area (Å²) in [5.74, 6) is -15.8. The van der Waals surface area contributed by atoms with E-state index in [-0.39, 0.29) is 24.3 Å². The molecule has 0 unspecified atom stereocenters. The number of alkyl halides is 1. The van der Waals surface area contributed by atoms with Crippen LogP contribution in [0.15, 0.2) is 48.2 Å². The molecule has 4 rings (SSSR count). The molecule has 3 nitrogen and oxygen atoms in total. The van der Waals surface area contributed by atoms with Crippen LogP contribution in [0.3, 0.4) is 0 Å². The lowest BCUT2D eigenvalue weighted by atomic mass is 10.2. The predicted molar refractivity (Wildman–Crippen MR) is 162 cm³/mol. The van der Waals surface area contributed by atoms with Gasteiger partial charge in [0.15, 0.2) is 52.4 Å². The van der Waals surface area contributed by atoms with Gasteiger partial charge in [-0.3, -0.25) is 0 Å². The molecule has 0 aliphatic rings. The molecule has 0 saturated heterocycles. The Kier molecular flexibility index (Phi) is 17.5. The SMILES string of the molecule is Fc1cc(Br)c(F)c(CBr)c1F.Fc1cc(F)c(Br)cc1F.O=C(O)c1c(F)c(F)cc(Br)c1F.OCc1c(F)c(F)cc(Br)c1F. The number of carboxylic acids is 1. The van der Waals surface area contributed by atoms with Crippen LogP contribution in [0, 0.1) is 69.8 Å². The van der Waals surface area contributed by atoms with E-state index in [0.29, 0.717) is 18.2 Å². The normalized spacial score (nSPS) is 10.3. The Bertz CT molecular complexity index is 1590. The van der Waals surface area contributed by atoms with E-state index in [1.165, 1.54) is 0 Å². The van der Waals surface area contributed by atoms with Crippen molar-refractivity contribution in [3.05, 3.63) is 135 Å². The van der Waals surface area contributed by atoms with Crippen LogP contribution in [-0.2, 0) is 11.9 Å². The smallest absolute Gasteiger partial charge is 0.341 e. The second-order valence-corrected chi connectivity index (χ2v) is 12.0. The summed E-state index contributed by atoms with van der Waals surface area (Å²) >= 11 is 13.6. The zero-order valence-corrected chi connectivity index (χ0v) is 30.0. The molecule has 0 atom stereocenters. The Morgan fingerprint density at radius 1 is 0.489 bits per heavy atom. The number of halogens is 17. The largest absolute Gasteiger partial charge is 0.477 e. The molecule has 0 heterocycles. The second-order valence-electron chi connectivity index (χ2n) is 8.01. The van der Waals surface area contributed by atoms with E-state index < -0.39 is 98.0 Å². The highest BCUT2D eigenvalue weighted by Crippen LogP contribution is 2.27. The lowest BCUT2D eigenvalue weighted by molar-refractivity contribution is 0.0684. The van der Waals surface area contributed by atoms with Crippen molar-refractivity contribution in [2.45, 2.75) is 11.9 Å². The van der Waals surface area contributed by atoms with Crippen molar-refractivity contribution in [3.8, 4) is 0 Å². The molecule has 0 aliphatic carbocycles. The Balaban J connectivity index is 0.000000315. The third-order valence-electron chi connectivity index (χ3n) is 4.99. The van der Waals surface area contributed by atoms with Gasteiger partial charge in [-0.2, -0.15) is 0 Å². The van der Waals surface area contributed by atoms with Crippen LogP contribution < -0.4 is 0 Å². The number of carbonyl (C=O) groups is 1. The number of aliphatic hydroxyl groups excluding tert-OH is 1. The maximum atomic E-state index is 13.0. The van der Waals surface area contributed by atoms with E-state index in [2.05, 4.69) is 79.6 Å². The van der Waals surface area contributed by atoms with Crippen molar-refractivity contribution in [2.75, 3.05) is 0 Å². The number of rotatable bonds is 3. The van der Waals surface area contributed by atoms with Gasteiger partial charge in [-0.15, -0.1) is 0 Å². The Morgan fingerprint density at radius 2 is 0.851 bits per heavy atom. The van der Waals surface area contributed by atoms with Gasteiger partial charge in [0, 0.05) is 17.0 Å². The molecule has 0 spiro atoms. The molecule has 0 saturated carbocycles. The molecule has 0 bridgehead atoms. The topological polar surface area (TPSA) is 57.5 Å². The summed E-state index contributed by atoms with van der Waals surface area (Å²) in [7, 11) is 0. The van der Waals surface area contributed by atoms with E-state index in [4.69, 9.17) is 10.2 Å². The van der Waals surface area contributed by atoms with E-state index in [1.807, 2.05) is 0 Å². The molecule has 0 amide bonds. The van der Waals surface area contributed by atoms with Crippen LogP contribution in [0.2, 0.25) is 0 Å². The average Bonchev–Trinajstić information content (AvgIpc) is 2.99. The van der Waals surface area contributed by atoms with Gasteiger partial charge in [0.1, 0.15) is 23.0 Å². The summed E-state index contributed by atoms with van der Waals surface area (Å²) < 4.78 is 150. The number of carboxylic acid groups (broad SMARTS) is 1. The fourth-order valence-corrected chi connectivity index (χ4v) is 4.85. The minimum Gasteiger partial charge on any atom is -0.477 e. The van der Waals surface area contributed by atoms with Crippen LogP contribution in [0.5, 0.6) is 0 Å². The van der Waals surface area contributed by atoms with Crippen LogP contribution >= 0.6 is 79.6 Å². The van der Waals surface area contributed by atoms with Gasteiger partial charge in [0.25, 0.3) is 0 Å². The van der Waals surface area contributed by atoms with Crippen LogP contribution in [-0.4, -0.2) is 16.2 Å². The van der Waals surface area contributed by atoms with Crippen molar-refractivity contribution in [2.24, 2.45) is 0 Å². The van der Waals surface area contributed by atoms with Gasteiger partial charge in [-0.25, -0.2) is 57.5 Å². The third-order valence-corrected chi connectivity index (χ3v) is 7.89. The van der Waals surface area contributed by atoms with E-state index >= 15 is 0 Å². The molecule has 47 heavy (non-hydrogen) atoms. The van der Waals surface area contributed by atoms with Crippen molar-refractivity contribution in [3.63, 3.8) is 0 Å². The first-order valence-corrected chi connectivity index (χ1v) is 15.7. The van der Waals surface area contributed by atoms with Gasteiger partial charge in [0.05, 0.1) is 30.1 Å². The number of aromatic carboxylic acids is 1. The molecular formula is C27H11Br5F12O3. The molecule has 256 valence electrons. The summed E-state index contributed by atoms with van der Waals surface area (Å²) in [5.41, 5.74) is -2.27. The Morgan fingerprint density at radius 3 is 1.26 bits per heavy atom. The van der Waals surface area contributed by atoms with Gasteiger partial charge in [-0.05, 0) is 88.0 Å². The minimum absolute atomic E-state index is 0.0545. The summed E-state index contributed by atoms with van der Waals surface area (Å²) in [6.45, 7) is -0.867. The van der Waals surface area contributed by atoms with Crippen molar-refractivity contribution in [1.29, 1.82) is 0 Å². The molecule has 0 aromatic heterocycles. The zero-order chi connectivity index (χ0) is 36.5. The third kappa shape index (κ3) is 11.5. The molecular weight excluding hydrogens is 1000 g/mol. The highest BCUT2D eigenvalue weighted by molar-refractivity contribution is 9.11. The standard InChI is InChI=1S/C7H3Br2F3.C7H2BrF3O2.C7H4BrF3O.C6H2BrF3/c8-2-3-6(11)4(9)1-5(10)7(3)12;8-2-1-3(9)6(11)4(5(2)10)7(12)13;8-4-1-5(9)7(11)3(2-12)6(4)10;7-3-1-5(9)6(10)2-4(3)8/h1H,2H2;1H,(H,12,13);1,12H,2H2;1-2H. The predicted octanol–water partition coefficient (Wildman–Crippen LogP) is 11.6. The molecule has 4 aromatic rings. The highest BCUT2D eigenvalue weighted by atomic mass is 79.9. The summed E-state index contributed by atoms with van der Waals surface area (Å²) in [6, 6.07) is 3.18. The lowest BCUT2D eigenvalue weighted by Gasteiger charge is -2.03. The zero-order valence-electron chi connectivity index (χ0n) is 22.0. The average molecular weight is 1010 g/mol. The summed E-state index contributed by atoms with van der Waals surface area (Å²) in [5, 5.41) is 16.8. The summed E-state index contributed by atoms with van der Waals surface area (Å²) in [4.78, 5) is 10.3. The minimum atomic E-state index is -1.85. The number of hydrogen-bond acceptors (Lipinski definition) is 2. The highest BCUT2D eigenvalue weighted by Gasteiger charge is 2.23. The first-order valence-electron chi connectivity index (χ1n) is 11.4. The van der Waals surface area contributed by atoms with Gasteiger partial charge >= 0.3 is 5.97 Å². The fraction of sp³-hybridized carbons (Fsp3) is 0.0741. The summed E-state index contributed by atoms with van der Waals surface area (Å²) in [6.07, 6.45) is 0. The first-order chi connectivity index (χ1) is 21.7. The van der Waals surface area contributed by atoms with E-state index in [1.54, 1.807) is 0 Å². The van der Waals surface area contributed by atoms with Crippen molar-refractivity contribution < 1.29 is 67.7 Å². The van der Waals surface area contributed by atoms with Crippen LogP contribution in [0.25, 0.3) is 0 Å². The maximum absolute atomic E-state index is 13.0. The molecule has 2 N–H and O–H groups in total. The molecule has 0 fully saturated rings. The fourth-order valence-electron chi connectivity index (χ4n) is 2.76. The Labute approximate surface area is 298 Å². The Hall–Kier alpha value is -2.13. The quantitative estimate of drug-likeness (QED) is 0.122. The number of hydrogen-bond donors (Lipinski definition) is 2. The maximum Gasteiger partial charge on any atom is 0.341 e. The lowest BCUT2D eigenvalue weighted by Crippen LogP contribution is -2.07. The molecule has 4 aromatic carbocycles. The van der Waals surface area contributed by atoms with Gasteiger partial charge in [0.2, 0.25) is 0 Å². The van der Waals surface area contributed by atoms with E-state index in [0.717, 1.165) is 12.1 Å². The molecule has 20 heteroatoms. The molecule has 0 aliphatic heterocycles. The molecule has 0 radical (unpaired) electrons. The van der Waals surface area contributed by atoms with Gasteiger partial charge < -0.3 is 10.2 Å². The van der Waals surface area contributed by atoms with Gasteiger partial charge in [-0.1, -0.05) is 15.9 Å². The van der Waals surface area contributed by atoms with E-state index in [9.17, 15) is 57.5 Å². The monoisotopic (exact) mass is 1010 g/mol. The number of benzene rings is 4. The first kappa shape index (κ1) is 42.9. The second kappa shape index (κ2) is 19.2. The van der Waals surface area contributed by atoms with Crippen molar-refractivity contribution >= 4 is 85.6 Å². The number of aliphatic hydroxyl groups is 1. The van der Waals surface area contributed by atoms with Crippen LogP contribution in [0.1, 0.15) is 21.5 Å². The van der Waals surface area contributed by atoms with Crippen LogP contribution in [0.4, 0.5) is 52.7 Å².